The summed E-state index contributed by atoms with van der Waals surface area (Å²) >= 11 is 0. The van der Waals surface area contributed by atoms with Gasteiger partial charge in [0.25, 0.3) is 0 Å². The Morgan fingerprint density at radius 2 is 1.89 bits per heavy atom. The summed E-state index contributed by atoms with van der Waals surface area (Å²) in [5, 5.41) is 3.06. The Morgan fingerprint density at radius 1 is 1.21 bits per heavy atom. The van der Waals surface area contributed by atoms with Crippen LogP contribution in [0.5, 0.6) is 0 Å². The molecule has 1 N–H and O–H groups in total. The highest BCUT2D eigenvalue weighted by molar-refractivity contribution is 6.06. The summed E-state index contributed by atoms with van der Waals surface area (Å²) in [6, 6.07) is 9.67. The SMILES string of the molecule is COC(=O)[C@]12C(=O)N[C@@H](Cc3ccccc3)[C@@H]1[C@H](C)C(C)=C[C@@H]2COC(C)=O. The third kappa shape index (κ3) is 3.21. The number of hydrogen-bond donors (Lipinski definition) is 1. The van der Waals surface area contributed by atoms with Crippen molar-refractivity contribution in [2.45, 2.75) is 33.2 Å². The van der Waals surface area contributed by atoms with E-state index in [4.69, 9.17) is 9.47 Å². The molecule has 3 rings (SSSR count). The van der Waals surface area contributed by atoms with Gasteiger partial charge in [-0.3, -0.25) is 14.4 Å². The number of methoxy groups -OCH3 is 1. The zero-order valence-electron chi connectivity index (χ0n) is 16.7. The average Bonchev–Trinajstić information content (AvgIpc) is 2.96. The summed E-state index contributed by atoms with van der Waals surface area (Å²) in [7, 11) is 1.30. The van der Waals surface area contributed by atoms with Gasteiger partial charge >= 0.3 is 11.9 Å². The van der Waals surface area contributed by atoms with Crippen molar-refractivity contribution in [3.8, 4) is 0 Å². The Morgan fingerprint density at radius 3 is 2.50 bits per heavy atom. The molecule has 1 aromatic rings. The lowest BCUT2D eigenvalue weighted by atomic mass is 9.57. The van der Waals surface area contributed by atoms with Crippen LogP contribution in [0.15, 0.2) is 42.0 Å². The number of allylic oxidation sites excluding steroid dienone is 1. The Balaban J connectivity index is 2.06. The van der Waals surface area contributed by atoms with Gasteiger partial charge in [0, 0.05) is 24.8 Å². The summed E-state index contributed by atoms with van der Waals surface area (Å²) in [4.78, 5) is 37.7. The summed E-state index contributed by atoms with van der Waals surface area (Å²) in [6.45, 7) is 5.32. The van der Waals surface area contributed by atoms with E-state index in [1.165, 1.54) is 14.0 Å². The molecule has 150 valence electrons. The summed E-state index contributed by atoms with van der Waals surface area (Å²) < 4.78 is 10.3. The summed E-state index contributed by atoms with van der Waals surface area (Å²) in [5.74, 6) is -2.22. The van der Waals surface area contributed by atoms with E-state index < -0.39 is 23.3 Å². The fourth-order valence-corrected chi connectivity index (χ4v) is 4.87. The minimum absolute atomic E-state index is 0.000315. The molecule has 28 heavy (non-hydrogen) atoms. The first-order valence-corrected chi connectivity index (χ1v) is 9.57. The van der Waals surface area contributed by atoms with E-state index in [0.717, 1.165) is 11.1 Å². The Kier molecular flexibility index (Phi) is 5.59. The van der Waals surface area contributed by atoms with Crippen molar-refractivity contribution >= 4 is 17.8 Å². The van der Waals surface area contributed by atoms with Crippen LogP contribution < -0.4 is 5.32 Å². The fraction of sp³-hybridized carbons (Fsp3) is 0.500. The van der Waals surface area contributed by atoms with Gasteiger partial charge in [0.2, 0.25) is 5.91 Å². The van der Waals surface area contributed by atoms with E-state index in [1.54, 1.807) is 0 Å². The van der Waals surface area contributed by atoms with Crippen LogP contribution in [0.4, 0.5) is 0 Å². The van der Waals surface area contributed by atoms with Crippen LogP contribution in [0.3, 0.4) is 0 Å². The number of hydrogen-bond acceptors (Lipinski definition) is 5. The molecule has 1 amide bonds. The molecular formula is C22H27NO5. The summed E-state index contributed by atoms with van der Waals surface area (Å²) in [5.41, 5.74) is 0.767. The van der Waals surface area contributed by atoms with E-state index in [2.05, 4.69) is 5.32 Å². The predicted molar refractivity (Wildman–Crippen MR) is 103 cm³/mol. The number of benzene rings is 1. The normalized spacial score (nSPS) is 31.4. The van der Waals surface area contributed by atoms with Crippen LogP contribution >= 0.6 is 0 Å². The molecule has 0 radical (unpaired) electrons. The number of nitrogens with one attached hydrogen (secondary N) is 1. The Labute approximate surface area is 165 Å². The first-order valence-electron chi connectivity index (χ1n) is 9.57. The molecule has 2 aliphatic rings. The predicted octanol–water partition coefficient (Wildman–Crippen LogP) is 2.28. The number of amides is 1. The van der Waals surface area contributed by atoms with Crippen LogP contribution in [0, 0.1) is 23.2 Å². The third-order valence-corrected chi connectivity index (χ3v) is 6.25. The van der Waals surface area contributed by atoms with Gasteiger partial charge in [0.05, 0.1) is 13.7 Å². The standard InChI is InChI=1S/C22H27NO5/c1-13-10-17(12-28-15(3)24)22(21(26)27-4)19(14(13)2)18(23-20(22)25)11-16-8-6-5-7-9-16/h5-10,14,17-19H,11-12H2,1-4H3,(H,23,25)/t14-,17-,18+,19+,22+/m1/s1. The van der Waals surface area contributed by atoms with E-state index in [9.17, 15) is 14.4 Å². The van der Waals surface area contributed by atoms with E-state index in [0.29, 0.717) is 6.42 Å². The maximum absolute atomic E-state index is 13.3. The van der Waals surface area contributed by atoms with Crippen molar-refractivity contribution in [3.63, 3.8) is 0 Å². The lowest BCUT2D eigenvalue weighted by molar-refractivity contribution is -0.168. The molecule has 1 heterocycles. The molecule has 1 aromatic carbocycles. The van der Waals surface area contributed by atoms with Gasteiger partial charge < -0.3 is 14.8 Å². The number of esters is 2. The molecule has 6 heteroatoms. The van der Waals surface area contributed by atoms with Gasteiger partial charge in [-0.05, 0) is 24.8 Å². The summed E-state index contributed by atoms with van der Waals surface area (Å²) in [6.07, 6.45) is 2.51. The fourth-order valence-electron chi connectivity index (χ4n) is 4.87. The second kappa shape index (κ2) is 7.78. The molecule has 5 atom stereocenters. The molecule has 0 bridgehead atoms. The molecule has 1 fully saturated rings. The third-order valence-electron chi connectivity index (χ3n) is 6.25. The van der Waals surface area contributed by atoms with Crippen LogP contribution in [-0.4, -0.2) is 37.6 Å². The highest BCUT2D eigenvalue weighted by atomic mass is 16.5. The van der Waals surface area contributed by atoms with Crippen LogP contribution in [0.2, 0.25) is 0 Å². The molecule has 1 aliphatic carbocycles. The van der Waals surface area contributed by atoms with Crippen molar-refractivity contribution in [1.82, 2.24) is 5.32 Å². The Bertz CT molecular complexity index is 802. The minimum Gasteiger partial charge on any atom is -0.468 e. The second-order valence-corrected chi connectivity index (χ2v) is 7.76. The molecule has 0 aromatic heterocycles. The highest BCUT2D eigenvalue weighted by Crippen LogP contribution is 2.53. The minimum atomic E-state index is -1.40. The maximum Gasteiger partial charge on any atom is 0.322 e. The first-order chi connectivity index (χ1) is 13.3. The molecule has 1 aliphatic heterocycles. The molecule has 0 unspecified atom stereocenters. The molecule has 1 saturated heterocycles. The first kappa shape index (κ1) is 20.1. The molecule has 6 nitrogen and oxygen atoms in total. The smallest absolute Gasteiger partial charge is 0.322 e. The maximum atomic E-state index is 13.3. The van der Waals surface area contributed by atoms with Crippen molar-refractivity contribution in [3.05, 3.63) is 47.5 Å². The lowest BCUT2D eigenvalue weighted by Gasteiger charge is -2.44. The van der Waals surface area contributed by atoms with Crippen molar-refractivity contribution in [2.75, 3.05) is 13.7 Å². The number of fused-ring (bicyclic) bond motifs is 1. The Hall–Kier alpha value is -2.63. The molecular weight excluding hydrogens is 358 g/mol. The number of carbonyl (C=O) groups excluding carboxylic acids is 3. The molecule has 0 spiro atoms. The van der Waals surface area contributed by atoms with Gasteiger partial charge in [-0.2, -0.15) is 0 Å². The quantitative estimate of drug-likeness (QED) is 0.478. The van der Waals surface area contributed by atoms with Crippen LogP contribution in [-0.2, 0) is 30.3 Å². The highest BCUT2D eigenvalue weighted by Gasteiger charge is 2.67. The van der Waals surface area contributed by atoms with Gasteiger partial charge in [-0.25, -0.2) is 0 Å². The van der Waals surface area contributed by atoms with E-state index in [-0.39, 0.29) is 30.4 Å². The number of ether oxygens (including phenoxy) is 2. The van der Waals surface area contributed by atoms with Gasteiger partial charge in [0.15, 0.2) is 5.41 Å². The monoisotopic (exact) mass is 385 g/mol. The topological polar surface area (TPSA) is 81.7 Å². The lowest BCUT2D eigenvalue weighted by Crippen LogP contribution is -2.54. The number of rotatable bonds is 5. The second-order valence-electron chi connectivity index (χ2n) is 7.76. The molecule has 0 saturated carbocycles. The van der Waals surface area contributed by atoms with Gasteiger partial charge in [0.1, 0.15) is 0 Å². The van der Waals surface area contributed by atoms with Crippen LogP contribution in [0.1, 0.15) is 26.3 Å². The largest absolute Gasteiger partial charge is 0.468 e. The van der Waals surface area contributed by atoms with Crippen molar-refractivity contribution in [2.24, 2.45) is 23.2 Å². The number of carbonyl (C=O) groups is 3. The zero-order valence-corrected chi connectivity index (χ0v) is 16.7. The van der Waals surface area contributed by atoms with E-state index in [1.807, 2.05) is 50.3 Å². The van der Waals surface area contributed by atoms with Crippen molar-refractivity contribution in [1.29, 1.82) is 0 Å². The van der Waals surface area contributed by atoms with Crippen molar-refractivity contribution < 1.29 is 23.9 Å². The van der Waals surface area contributed by atoms with Gasteiger partial charge in [-0.1, -0.05) is 48.9 Å². The zero-order chi connectivity index (χ0) is 20.5. The average molecular weight is 385 g/mol. The van der Waals surface area contributed by atoms with E-state index >= 15 is 0 Å². The van der Waals surface area contributed by atoms with Gasteiger partial charge in [-0.15, -0.1) is 0 Å². The van der Waals surface area contributed by atoms with Crippen LogP contribution in [0.25, 0.3) is 0 Å².